The Morgan fingerprint density at radius 3 is 2.41 bits per heavy atom. The van der Waals surface area contributed by atoms with Crippen LogP contribution in [-0.2, 0) is 11.3 Å². The minimum atomic E-state index is -0.150. The summed E-state index contributed by atoms with van der Waals surface area (Å²) in [5, 5.41) is 2.94. The Balaban J connectivity index is 1.66. The summed E-state index contributed by atoms with van der Waals surface area (Å²) < 4.78 is 0. The van der Waals surface area contributed by atoms with E-state index in [-0.39, 0.29) is 23.9 Å². The summed E-state index contributed by atoms with van der Waals surface area (Å²) in [5.74, 6) is 0.00315. The largest absolute Gasteiger partial charge is 0.335 e. The van der Waals surface area contributed by atoms with Gasteiger partial charge in [0.05, 0.1) is 5.92 Å². The number of piperidine rings is 1. The molecule has 1 fully saturated rings. The number of carbonyl (C=O) groups is 2. The maximum atomic E-state index is 13.4. The molecule has 5 nitrogen and oxygen atoms in total. The molecule has 0 radical (unpaired) electrons. The number of anilines is 1. The summed E-state index contributed by atoms with van der Waals surface area (Å²) in [6.45, 7) is 5.98. The first-order valence-electron chi connectivity index (χ1n) is 10.5. The van der Waals surface area contributed by atoms with Crippen molar-refractivity contribution in [2.75, 3.05) is 18.4 Å². The molecule has 2 unspecified atom stereocenters. The fourth-order valence-corrected chi connectivity index (χ4v) is 3.77. The van der Waals surface area contributed by atoms with Crippen LogP contribution in [0.4, 0.5) is 10.5 Å². The third-order valence-electron chi connectivity index (χ3n) is 5.68. The maximum absolute atomic E-state index is 13.4. The minimum absolute atomic E-state index is 0.133. The molecule has 1 heterocycles. The second kappa shape index (κ2) is 10.1. The lowest BCUT2D eigenvalue weighted by molar-refractivity contribution is -0.139. The number of amides is 3. The number of carbonyl (C=O) groups excluding carboxylic acids is 2. The van der Waals surface area contributed by atoms with Gasteiger partial charge in [0.1, 0.15) is 0 Å². The van der Waals surface area contributed by atoms with Crippen LogP contribution in [0.25, 0.3) is 0 Å². The third-order valence-corrected chi connectivity index (χ3v) is 5.68. The third kappa shape index (κ3) is 5.59. The summed E-state index contributed by atoms with van der Waals surface area (Å²) in [4.78, 5) is 29.8. The Hall–Kier alpha value is -2.82. The lowest BCUT2D eigenvalue weighted by Gasteiger charge is -2.37. The maximum Gasteiger partial charge on any atom is 0.321 e. The number of urea groups is 1. The number of rotatable bonds is 6. The Labute approximate surface area is 173 Å². The second-order valence-electron chi connectivity index (χ2n) is 7.79. The minimum Gasteiger partial charge on any atom is -0.335 e. The van der Waals surface area contributed by atoms with Gasteiger partial charge in [0.15, 0.2) is 0 Å². The molecule has 0 spiro atoms. The molecule has 1 N–H and O–H groups in total. The zero-order valence-electron chi connectivity index (χ0n) is 17.4. The number of nitrogens with zero attached hydrogens (tertiary/aromatic N) is 2. The van der Waals surface area contributed by atoms with Crippen LogP contribution in [0, 0.1) is 5.92 Å². The molecule has 3 amide bonds. The van der Waals surface area contributed by atoms with E-state index < -0.39 is 0 Å². The molecule has 0 aromatic heterocycles. The van der Waals surface area contributed by atoms with Gasteiger partial charge in [-0.15, -0.1) is 0 Å². The van der Waals surface area contributed by atoms with Gasteiger partial charge in [0.25, 0.3) is 0 Å². The molecule has 0 saturated carbocycles. The zero-order chi connectivity index (χ0) is 20.6. The molecular weight excluding hydrogens is 362 g/mol. The molecule has 5 heteroatoms. The van der Waals surface area contributed by atoms with Gasteiger partial charge < -0.3 is 15.1 Å². The normalized spacial score (nSPS) is 17.4. The lowest BCUT2D eigenvalue weighted by Crippen LogP contribution is -2.49. The number of hydrogen-bond donors (Lipinski definition) is 1. The Morgan fingerprint density at radius 1 is 1.10 bits per heavy atom. The summed E-state index contributed by atoms with van der Waals surface area (Å²) in [5.41, 5.74) is 1.91. The van der Waals surface area contributed by atoms with Gasteiger partial charge in [0, 0.05) is 31.4 Å². The number of hydrogen-bond acceptors (Lipinski definition) is 2. The van der Waals surface area contributed by atoms with E-state index in [1.54, 1.807) is 4.90 Å². The van der Waals surface area contributed by atoms with E-state index in [1.807, 2.05) is 53.4 Å². The fourth-order valence-electron chi connectivity index (χ4n) is 3.77. The molecule has 2 aromatic carbocycles. The molecule has 0 aliphatic carbocycles. The van der Waals surface area contributed by atoms with E-state index in [0.717, 1.165) is 30.5 Å². The molecule has 2 aromatic rings. The van der Waals surface area contributed by atoms with Crippen LogP contribution in [0.1, 0.15) is 38.7 Å². The van der Waals surface area contributed by atoms with Gasteiger partial charge in [-0.3, -0.25) is 4.79 Å². The highest BCUT2D eigenvalue weighted by molar-refractivity contribution is 5.90. The second-order valence-corrected chi connectivity index (χ2v) is 7.79. The number of likely N-dealkylation sites (tertiary alicyclic amines) is 1. The van der Waals surface area contributed by atoms with Crippen molar-refractivity contribution < 1.29 is 9.59 Å². The first-order valence-corrected chi connectivity index (χ1v) is 10.5. The Bertz CT molecular complexity index is 794. The van der Waals surface area contributed by atoms with Crippen molar-refractivity contribution in [3.8, 4) is 0 Å². The van der Waals surface area contributed by atoms with Gasteiger partial charge in [-0.25, -0.2) is 4.79 Å². The molecule has 3 rings (SSSR count). The first-order chi connectivity index (χ1) is 14.1. The monoisotopic (exact) mass is 393 g/mol. The number of benzene rings is 2. The van der Waals surface area contributed by atoms with Crippen molar-refractivity contribution in [3.63, 3.8) is 0 Å². The van der Waals surface area contributed by atoms with Crippen molar-refractivity contribution in [1.29, 1.82) is 0 Å². The summed E-state index contributed by atoms with van der Waals surface area (Å²) in [6.07, 6.45) is 2.58. The van der Waals surface area contributed by atoms with Crippen LogP contribution in [0.2, 0.25) is 0 Å². The summed E-state index contributed by atoms with van der Waals surface area (Å²) >= 11 is 0. The lowest BCUT2D eigenvalue weighted by atomic mass is 9.95. The van der Waals surface area contributed by atoms with Crippen LogP contribution in [-0.4, -0.2) is 40.9 Å². The van der Waals surface area contributed by atoms with Crippen molar-refractivity contribution in [2.45, 2.75) is 45.7 Å². The smallest absolute Gasteiger partial charge is 0.321 e. The molecule has 1 saturated heterocycles. The van der Waals surface area contributed by atoms with Crippen LogP contribution >= 0.6 is 0 Å². The van der Waals surface area contributed by atoms with E-state index >= 15 is 0 Å². The van der Waals surface area contributed by atoms with E-state index in [1.165, 1.54) is 0 Å². The molecule has 29 heavy (non-hydrogen) atoms. The average Bonchev–Trinajstić information content (AvgIpc) is 2.78. The molecule has 0 bridgehead atoms. The van der Waals surface area contributed by atoms with E-state index in [2.05, 4.69) is 31.3 Å². The van der Waals surface area contributed by atoms with Gasteiger partial charge in [-0.05, 0) is 43.9 Å². The Kier molecular flexibility index (Phi) is 7.28. The predicted octanol–water partition coefficient (Wildman–Crippen LogP) is 4.76. The number of para-hydroxylation sites is 1. The Morgan fingerprint density at radius 2 is 1.76 bits per heavy atom. The van der Waals surface area contributed by atoms with Crippen LogP contribution in [0.15, 0.2) is 60.7 Å². The van der Waals surface area contributed by atoms with Crippen LogP contribution in [0.5, 0.6) is 0 Å². The molecule has 1 aliphatic rings. The van der Waals surface area contributed by atoms with Crippen LogP contribution < -0.4 is 5.32 Å². The molecule has 2 atom stereocenters. The predicted molar refractivity (Wildman–Crippen MR) is 117 cm³/mol. The van der Waals surface area contributed by atoms with Gasteiger partial charge in [-0.1, -0.05) is 55.5 Å². The van der Waals surface area contributed by atoms with Gasteiger partial charge in [0.2, 0.25) is 5.91 Å². The van der Waals surface area contributed by atoms with Crippen molar-refractivity contribution in [1.82, 2.24) is 9.80 Å². The van der Waals surface area contributed by atoms with Crippen molar-refractivity contribution in [3.05, 3.63) is 66.2 Å². The zero-order valence-corrected chi connectivity index (χ0v) is 17.4. The molecule has 154 valence electrons. The van der Waals surface area contributed by atoms with Gasteiger partial charge >= 0.3 is 6.03 Å². The first kappa shape index (κ1) is 20.9. The molecule has 1 aliphatic heterocycles. The van der Waals surface area contributed by atoms with E-state index in [4.69, 9.17) is 0 Å². The van der Waals surface area contributed by atoms with Crippen LogP contribution in [0.3, 0.4) is 0 Å². The average molecular weight is 394 g/mol. The highest BCUT2D eigenvalue weighted by Crippen LogP contribution is 2.23. The topological polar surface area (TPSA) is 52.7 Å². The highest BCUT2D eigenvalue weighted by Gasteiger charge is 2.32. The van der Waals surface area contributed by atoms with Crippen molar-refractivity contribution >= 4 is 17.6 Å². The fraction of sp³-hybridized carbons (Fsp3) is 0.417. The quantitative estimate of drug-likeness (QED) is 0.769. The summed E-state index contributed by atoms with van der Waals surface area (Å²) in [7, 11) is 0. The van der Waals surface area contributed by atoms with Gasteiger partial charge in [-0.2, -0.15) is 0 Å². The summed E-state index contributed by atoms with van der Waals surface area (Å²) in [6, 6.07) is 19.6. The van der Waals surface area contributed by atoms with E-state index in [0.29, 0.717) is 19.6 Å². The number of nitrogens with one attached hydrogen (secondary N) is 1. The highest BCUT2D eigenvalue weighted by atomic mass is 16.2. The molecular formula is C24H31N3O2. The SMILES string of the molecule is CCC(C)N(Cc1ccccc1)C(=O)C1CCCN(C(=O)Nc2ccccc2)C1. The van der Waals surface area contributed by atoms with E-state index in [9.17, 15) is 9.59 Å². The van der Waals surface area contributed by atoms with Crippen molar-refractivity contribution in [2.24, 2.45) is 5.92 Å². The standard InChI is InChI=1S/C24H31N3O2/c1-3-19(2)27(17-20-11-6-4-7-12-20)23(28)21-13-10-16-26(18-21)24(29)25-22-14-8-5-9-15-22/h4-9,11-12,14-15,19,21H,3,10,13,16-18H2,1-2H3,(H,25,29).